The van der Waals surface area contributed by atoms with E-state index in [9.17, 15) is 31.1 Å². The summed E-state index contributed by atoms with van der Waals surface area (Å²) in [6.07, 6.45) is -9.07. The van der Waals surface area contributed by atoms with Crippen LogP contribution in [0.4, 0.5) is 26.3 Å². The first kappa shape index (κ1) is 22.5. The number of amides is 1. The maximum Gasteiger partial charge on any atom is 0.416 e. The molecule has 4 nitrogen and oxygen atoms in total. The zero-order valence-corrected chi connectivity index (χ0v) is 14.3. The van der Waals surface area contributed by atoms with Gasteiger partial charge in [0.2, 0.25) is 0 Å². The van der Waals surface area contributed by atoms with Crippen LogP contribution in [0.3, 0.4) is 0 Å². The minimum Gasteiger partial charge on any atom is -0.350 e. The van der Waals surface area contributed by atoms with Crippen LogP contribution in [-0.2, 0) is 6.18 Å². The van der Waals surface area contributed by atoms with Crippen molar-refractivity contribution in [2.24, 2.45) is 0 Å². The van der Waals surface area contributed by atoms with Crippen LogP contribution in [0.1, 0.15) is 15.9 Å². The van der Waals surface area contributed by atoms with Gasteiger partial charge >= 0.3 is 12.4 Å². The summed E-state index contributed by atoms with van der Waals surface area (Å²) >= 11 is 0. The van der Waals surface area contributed by atoms with Gasteiger partial charge in [-0.05, 0) is 24.3 Å². The van der Waals surface area contributed by atoms with Crippen LogP contribution in [0.25, 0.3) is 0 Å². The largest absolute Gasteiger partial charge is 0.416 e. The molecule has 11 heteroatoms. The molecule has 1 aliphatic heterocycles. The fraction of sp³-hybridized carbons (Fsp3) is 0.533. The molecule has 0 radical (unpaired) electrons. The Kier molecular flexibility index (Phi) is 7.72. The smallest absolute Gasteiger partial charge is 0.350 e. The van der Waals surface area contributed by atoms with E-state index in [0.717, 1.165) is 12.1 Å². The van der Waals surface area contributed by atoms with Crippen LogP contribution < -0.4 is 10.6 Å². The summed E-state index contributed by atoms with van der Waals surface area (Å²) in [6.45, 7) is 0.558. The van der Waals surface area contributed by atoms with Crippen molar-refractivity contribution in [2.75, 3.05) is 32.7 Å². The van der Waals surface area contributed by atoms with Gasteiger partial charge in [-0.25, -0.2) is 0 Å². The number of rotatable bonds is 4. The van der Waals surface area contributed by atoms with E-state index in [1.807, 2.05) is 0 Å². The zero-order valence-electron chi connectivity index (χ0n) is 13.5. The number of nitrogens with zero attached hydrogens (tertiary/aromatic N) is 1. The Balaban J connectivity index is 0.00000338. The topological polar surface area (TPSA) is 44.4 Å². The van der Waals surface area contributed by atoms with Gasteiger partial charge in [0, 0.05) is 38.3 Å². The van der Waals surface area contributed by atoms with Gasteiger partial charge in [-0.1, -0.05) is 0 Å². The van der Waals surface area contributed by atoms with E-state index in [1.165, 1.54) is 4.90 Å². The quantitative estimate of drug-likeness (QED) is 0.757. The molecule has 1 fully saturated rings. The van der Waals surface area contributed by atoms with Gasteiger partial charge in [0.15, 0.2) is 0 Å². The molecule has 1 amide bonds. The standard InChI is InChI=1S/C15H17F6N3O.ClH/c16-14(17,18)11-3-1-10(2-4-11)13(25)23-9-12(15(19,20)21)24-7-5-22-6-8-24;/h1-4,12,22H,5-9H2,(H,23,25);1H. The Morgan fingerprint density at radius 3 is 2.08 bits per heavy atom. The minimum atomic E-state index is -4.54. The molecule has 0 aromatic heterocycles. The third kappa shape index (κ3) is 6.03. The number of benzene rings is 1. The van der Waals surface area contributed by atoms with E-state index >= 15 is 0 Å². The van der Waals surface area contributed by atoms with Crippen LogP contribution in [0.15, 0.2) is 24.3 Å². The summed E-state index contributed by atoms with van der Waals surface area (Å²) in [7, 11) is 0. The lowest BCUT2D eigenvalue weighted by Gasteiger charge is -2.35. The minimum absolute atomic E-state index is 0. The number of carbonyl (C=O) groups excluding carboxylic acids is 1. The summed E-state index contributed by atoms with van der Waals surface area (Å²) in [5.74, 6) is -0.849. The maximum atomic E-state index is 13.2. The van der Waals surface area contributed by atoms with Gasteiger partial charge in [-0.3, -0.25) is 9.69 Å². The van der Waals surface area contributed by atoms with E-state index in [1.54, 1.807) is 0 Å². The SMILES string of the molecule is Cl.O=C(NCC(N1CCNCC1)C(F)(F)F)c1ccc(C(F)(F)F)cc1. The Hall–Kier alpha value is -1.52. The van der Waals surface area contributed by atoms with Gasteiger partial charge < -0.3 is 10.6 Å². The molecule has 1 aliphatic rings. The molecule has 1 aromatic rings. The van der Waals surface area contributed by atoms with E-state index < -0.39 is 36.4 Å². The predicted molar refractivity (Wildman–Crippen MR) is 85.3 cm³/mol. The highest BCUT2D eigenvalue weighted by Crippen LogP contribution is 2.29. The third-order valence-electron chi connectivity index (χ3n) is 3.90. The summed E-state index contributed by atoms with van der Waals surface area (Å²) in [4.78, 5) is 13.2. The van der Waals surface area contributed by atoms with E-state index in [4.69, 9.17) is 0 Å². The van der Waals surface area contributed by atoms with E-state index in [2.05, 4.69) is 10.6 Å². The molecule has 0 spiro atoms. The lowest BCUT2D eigenvalue weighted by atomic mass is 10.1. The van der Waals surface area contributed by atoms with E-state index in [-0.39, 0.29) is 31.1 Å². The molecule has 1 unspecified atom stereocenters. The average Bonchev–Trinajstić information content (AvgIpc) is 2.54. The van der Waals surface area contributed by atoms with Crippen molar-refractivity contribution in [3.8, 4) is 0 Å². The predicted octanol–water partition coefficient (Wildman–Crippen LogP) is 2.69. The van der Waals surface area contributed by atoms with Crippen molar-refractivity contribution in [1.29, 1.82) is 0 Å². The van der Waals surface area contributed by atoms with Crippen molar-refractivity contribution in [3.05, 3.63) is 35.4 Å². The van der Waals surface area contributed by atoms with Crippen molar-refractivity contribution >= 4 is 18.3 Å². The van der Waals surface area contributed by atoms with Gasteiger partial charge in [-0.15, -0.1) is 12.4 Å². The number of halogens is 7. The van der Waals surface area contributed by atoms with Crippen LogP contribution in [0.2, 0.25) is 0 Å². The Morgan fingerprint density at radius 1 is 1.08 bits per heavy atom. The third-order valence-corrected chi connectivity index (χ3v) is 3.90. The molecule has 0 saturated carbocycles. The van der Waals surface area contributed by atoms with Crippen molar-refractivity contribution in [3.63, 3.8) is 0 Å². The molecular formula is C15H18ClF6N3O. The van der Waals surface area contributed by atoms with Gasteiger partial charge in [-0.2, -0.15) is 26.3 Å². The lowest BCUT2D eigenvalue weighted by molar-refractivity contribution is -0.183. The fourth-order valence-corrected chi connectivity index (χ4v) is 2.55. The normalized spacial score (nSPS) is 17.3. The molecule has 1 atom stereocenters. The number of carbonyl (C=O) groups is 1. The Bertz CT molecular complexity index is 585. The molecule has 2 rings (SSSR count). The highest BCUT2D eigenvalue weighted by Gasteiger charge is 2.43. The first-order chi connectivity index (χ1) is 11.6. The number of hydrogen-bond acceptors (Lipinski definition) is 3. The first-order valence-corrected chi connectivity index (χ1v) is 7.56. The Labute approximate surface area is 152 Å². The van der Waals surface area contributed by atoms with Crippen LogP contribution in [0.5, 0.6) is 0 Å². The summed E-state index contributed by atoms with van der Waals surface area (Å²) in [6, 6.07) is 1.46. The number of alkyl halides is 6. The highest BCUT2D eigenvalue weighted by atomic mass is 35.5. The second-order valence-corrected chi connectivity index (χ2v) is 5.63. The molecule has 148 valence electrons. The van der Waals surface area contributed by atoms with Crippen molar-refractivity contribution in [1.82, 2.24) is 15.5 Å². The molecule has 0 bridgehead atoms. The second-order valence-electron chi connectivity index (χ2n) is 5.63. The van der Waals surface area contributed by atoms with Crippen LogP contribution in [-0.4, -0.2) is 55.7 Å². The molecule has 0 aliphatic carbocycles. The lowest BCUT2D eigenvalue weighted by Crippen LogP contribution is -2.57. The Morgan fingerprint density at radius 2 is 1.62 bits per heavy atom. The maximum absolute atomic E-state index is 13.2. The molecule has 2 N–H and O–H groups in total. The van der Waals surface area contributed by atoms with Crippen LogP contribution >= 0.6 is 12.4 Å². The summed E-state index contributed by atoms with van der Waals surface area (Å²) in [5, 5.41) is 5.10. The summed E-state index contributed by atoms with van der Waals surface area (Å²) < 4.78 is 77.0. The van der Waals surface area contributed by atoms with Crippen molar-refractivity contribution < 1.29 is 31.1 Å². The van der Waals surface area contributed by atoms with E-state index in [0.29, 0.717) is 25.2 Å². The fourth-order valence-electron chi connectivity index (χ4n) is 2.55. The van der Waals surface area contributed by atoms with Crippen molar-refractivity contribution in [2.45, 2.75) is 18.4 Å². The number of nitrogens with one attached hydrogen (secondary N) is 2. The second kappa shape index (κ2) is 8.92. The van der Waals surface area contributed by atoms with Crippen LogP contribution in [0, 0.1) is 0 Å². The average molecular weight is 406 g/mol. The van der Waals surface area contributed by atoms with Gasteiger partial charge in [0.1, 0.15) is 6.04 Å². The molecule has 1 aromatic carbocycles. The van der Waals surface area contributed by atoms with Gasteiger partial charge in [0.25, 0.3) is 5.91 Å². The van der Waals surface area contributed by atoms with Gasteiger partial charge in [0.05, 0.1) is 5.56 Å². The number of piperazine rings is 1. The zero-order chi connectivity index (χ0) is 18.7. The molecule has 1 heterocycles. The monoisotopic (exact) mass is 405 g/mol. The number of hydrogen-bond donors (Lipinski definition) is 2. The highest BCUT2D eigenvalue weighted by molar-refractivity contribution is 5.94. The molecular weight excluding hydrogens is 388 g/mol. The first-order valence-electron chi connectivity index (χ1n) is 7.56. The molecule has 1 saturated heterocycles. The summed E-state index contributed by atoms with van der Waals surface area (Å²) in [5.41, 5.74) is -1.06. The molecule has 26 heavy (non-hydrogen) atoms.